The molecule has 1 aliphatic heterocycles. The van der Waals surface area contributed by atoms with E-state index in [-0.39, 0.29) is 45.5 Å². The molecule has 0 saturated carbocycles. The number of hydrogen-bond acceptors (Lipinski definition) is 8. The summed E-state index contributed by atoms with van der Waals surface area (Å²) in [5, 5.41) is 0. The number of carbonyl (C=O) groups excluding carboxylic acids is 1. The third-order valence-electron chi connectivity index (χ3n) is 12.5. The Bertz CT molecular complexity index is 2540. The number of nitrogens with zero attached hydrogens (tertiary/aromatic N) is 1. The van der Waals surface area contributed by atoms with Crippen molar-refractivity contribution in [3.63, 3.8) is 0 Å². The SMILES string of the molecule is CO[C@H]1O[C@H](COCc2ccccc2)[C@@H](OCc2ccccc2)[C@H](OCc2ccccc2)[C@@H](OCc2ccccc2)[C@@H]1N(Cc1ccccc1)C(=O)OCC1c2ccccc2-c2ccccc21. The quantitative estimate of drug-likeness (QED) is 0.0794. The maximum absolute atomic E-state index is 15.4. The van der Waals surface area contributed by atoms with Gasteiger partial charge in [0.25, 0.3) is 0 Å². The molecule has 0 bridgehead atoms. The van der Waals surface area contributed by atoms with Crippen molar-refractivity contribution in [3.05, 3.63) is 239 Å². The number of benzene rings is 7. The maximum atomic E-state index is 15.4. The van der Waals surface area contributed by atoms with Gasteiger partial charge in [-0.3, -0.25) is 4.90 Å². The smallest absolute Gasteiger partial charge is 0.410 e. The van der Waals surface area contributed by atoms with Gasteiger partial charge in [-0.25, -0.2) is 4.79 Å². The Morgan fingerprint density at radius 3 is 1.39 bits per heavy atom. The normalized spacial score (nSPS) is 20.1. The van der Waals surface area contributed by atoms with Gasteiger partial charge in [0.15, 0.2) is 6.29 Å². The van der Waals surface area contributed by atoms with Crippen LogP contribution in [0.3, 0.4) is 0 Å². The minimum Gasteiger partial charge on any atom is -0.448 e. The Kier molecular flexibility index (Phi) is 15.6. The van der Waals surface area contributed by atoms with Gasteiger partial charge in [-0.2, -0.15) is 0 Å². The molecule has 67 heavy (non-hydrogen) atoms. The van der Waals surface area contributed by atoms with Gasteiger partial charge in [0, 0.05) is 19.6 Å². The van der Waals surface area contributed by atoms with Crippen LogP contribution < -0.4 is 0 Å². The number of methoxy groups -OCH3 is 1. The van der Waals surface area contributed by atoms with Gasteiger partial charge in [-0.05, 0) is 50.1 Å². The van der Waals surface area contributed by atoms with Crippen LogP contribution in [0.5, 0.6) is 0 Å². The number of fused-ring (bicyclic) bond motifs is 3. The highest BCUT2D eigenvalue weighted by molar-refractivity contribution is 5.79. The van der Waals surface area contributed by atoms with Crippen LogP contribution in [0.25, 0.3) is 11.1 Å². The highest BCUT2D eigenvalue weighted by atomic mass is 16.7. The fourth-order valence-corrected chi connectivity index (χ4v) is 9.23. The lowest BCUT2D eigenvalue weighted by molar-refractivity contribution is -0.218. The molecule has 0 radical (unpaired) electrons. The first-order chi connectivity index (χ1) is 33.1. The molecular formula is C58H57NO8. The summed E-state index contributed by atoms with van der Waals surface area (Å²) in [4.78, 5) is 17.1. The van der Waals surface area contributed by atoms with Crippen LogP contribution in [-0.4, -0.2) is 68.1 Å². The summed E-state index contributed by atoms with van der Waals surface area (Å²) in [5.74, 6) is -0.160. The lowest BCUT2D eigenvalue weighted by atomic mass is 9.96. The summed E-state index contributed by atoms with van der Waals surface area (Å²) < 4.78 is 47.9. The summed E-state index contributed by atoms with van der Waals surface area (Å²) in [5.41, 5.74) is 9.32. The molecular weight excluding hydrogens is 839 g/mol. The van der Waals surface area contributed by atoms with Gasteiger partial charge in [0.1, 0.15) is 37.1 Å². The predicted octanol–water partition coefficient (Wildman–Crippen LogP) is 11.2. The molecule has 7 aromatic carbocycles. The van der Waals surface area contributed by atoms with Crippen LogP contribution in [0.1, 0.15) is 44.9 Å². The highest BCUT2D eigenvalue weighted by Crippen LogP contribution is 2.45. The molecule has 9 heteroatoms. The second kappa shape index (κ2) is 22.8. The van der Waals surface area contributed by atoms with E-state index in [0.717, 1.165) is 50.1 Å². The van der Waals surface area contributed by atoms with Crippen LogP contribution >= 0.6 is 0 Å². The molecule has 0 unspecified atom stereocenters. The first-order valence-corrected chi connectivity index (χ1v) is 23.0. The van der Waals surface area contributed by atoms with Crippen molar-refractivity contribution in [1.29, 1.82) is 0 Å². The molecule has 9 nitrogen and oxygen atoms in total. The molecule has 1 fully saturated rings. The minimum absolute atomic E-state index is 0.117. The monoisotopic (exact) mass is 895 g/mol. The average molecular weight is 896 g/mol. The first kappa shape index (κ1) is 45.7. The van der Waals surface area contributed by atoms with Crippen molar-refractivity contribution < 1.29 is 38.0 Å². The van der Waals surface area contributed by atoms with E-state index in [1.165, 1.54) is 0 Å². The van der Waals surface area contributed by atoms with Crippen LogP contribution in [0.4, 0.5) is 4.79 Å². The van der Waals surface area contributed by atoms with Crippen LogP contribution in [0.2, 0.25) is 0 Å². The molecule has 1 saturated heterocycles. The van der Waals surface area contributed by atoms with E-state index in [9.17, 15) is 0 Å². The first-order valence-electron chi connectivity index (χ1n) is 23.0. The Morgan fingerprint density at radius 2 is 0.896 bits per heavy atom. The van der Waals surface area contributed by atoms with Crippen molar-refractivity contribution in [2.45, 2.75) is 75.6 Å². The second-order valence-corrected chi connectivity index (χ2v) is 17.0. The fourth-order valence-electron chi connectivity index (χ4n) is 9.23. The summed E-state index contributed by atoms with van der Waals surface area (Å²) in [6.45, 7) is 1.43. The summed E-state index contributed by atoms with van der Waals surface area (Å²) in [7, 11) is 1.59. The zero-order valence-electron chi connectivity index (χ0n) is 37.8. The molecule has 0 N–H and O–H groups in total. The van der Waals surface area contributed by atoms with Gasteiger partial charge in [0.05, 0.1) is 33.0 Å². The van der Waals surface area contributed by atoms with Crippen LogP contribution in [-0.2, 0) is 66.1 Å². The zero-order valence-corrected chi connectivity index (χ0v) is 37.8. The van der Waals surface area contributed by atoms with Gasteiger partial charge >= 0.3 is 6.09 Å². The Hall–Kier alpha value is -6.43. The number of rotatable bonds is 19. The van der Waals surface area contributed by atoms with E-state index in [2.05, 4.69) is 24.3 Å². The molecule has 342 valence electrons. The average Bonchev–Trinajstić information content (AvgIpc) is 3.64. The molecule has 6 atom stereocenters. The molecule has 7 aromatic rings. The van der Waals surface area contributed by atoms with E-state index in [1.807, 2.05) is 176 Å². The van der Waals surface area contributed by atoms with E-state index in [1.54, 1.807) is 12.0 Å². The number of carbonyl (C=O) groups is 1. The minimum atomic E-state index is -1.05. The van der Waals surface area contributed by atoms with E-state index in [0.29, 0.717) is 6.61 Å². The standard InChI is InChI=1S/C58H57NO8/c1-61-57-53(59(35-42-21-7-2-8-22-42)58(60)66-40-51-49-33-19-17-31-47(49)48-32-18-20-34-50(48)51)55(64-38-45-27-13-5-14-28-45)56(65-39-46-29-15-6-16-30-46)54(63-37-44-25-11-4-12-26-44)52(67-57)41-62-36-43-23-9-3-10-24-43/h2-34,51-57H,35-41H2,1H3/t52-,53+,54-,55+,56+,57+/m1/s1. The van der Waals surface area contributed by atoms with Crippen molar-refractivity contribution >= 4 is 6.09 Å². The maximum Gasteiger partial charge on any atom is 0.410 e. The molecule has 1 heterocycles. The molecule has 2 aliphatic rings. The van der Waals surface area contributed by atoms with E-state index < -0.39 is 42.8 Å². The summed E-state index contributed by atoms with van der Waals surface area (Å²) >= 11 is 0. The van der Waals surface area contributed by atoms with Gasteiger partial charge in [0.2, 0.25) is 0 Å². The molecule has 1 amide bonds. The lowest BCUT2D eigenvalue weighted by Gasteiger charge is -2.41. The molecule has 1 aliphatic carbocycles. The van der Waals surface area contributed by atoms with Crippen molar-refractivity contribution in [2.75, 3.05) is 20.3 Å². The topological polar surface area (TPSA) is 84.9 Å². The zero-order chi connectivity index (χ0) is 45.6. The highest BCUT2D eigenvalue weighted by Gasteiger charge is 2.53. The van der Waals surface area contributed by atoms with Gasteiger partial charge in [-0.15, -0.1) is 0 Å². The fraction of sp³-hybridized carbons (Fsp3) is 0.259. The number of amides is 1. The van der Waals surface area contributed by atoms with Crippen LogP contribution in [0, 0.1) is 0 Å². The molecule has 0 spiro atoms. The Labute approximate surface area is 393 Å². The van der Waals surface area contributed by atoms with E-state index >= 15 is 4.79 Å². The number of ether oxygens (including phenoxy) is 7. The summed E-state index contributed by atoms with van der Waals surface area (Å²) in [6.07, 6.45) is -4.84. The van der Waals surface area contributed by atoms with Crippen LogP contribution in [0.15, 0.2) is 200 Å². The third-order valence-corrected chi connectivity index (χ3v) is 12.5. The lowest BCUT2D eigenvalue weighted by Crippen LogP contribution is -2.59. The third kappa shape index (κ3) is 11.4. The Morgan fingerprint density at radius 1 is 0.478 bits per heavy atom. The van der Waals surface area contributed by atoms with E-state index in [4.69, 9.17) is 33.2 Å². The van der Waals surface area contributed by atoms with Gasteiger partial charge in [-0.1, -0.05) is 200 Å². The van der Waals surface area contributed by atoms with Crippen molar-refractivity contribution in [1.82, 2.24) is 4.90 Å². The number of hydrogen-bond donors (Lipinski definition) is 0. The van der Waals surface area contributed by atoms with Crippen molar-refractivity contribution in [3.8, 4) is 11.1 Å². The molecule has 0 aromatic heterocycles. The largest absolute Gasteiger partial charge is 0.448 e. The van der Waals surface area contributed by atoms with Gasteiger partial charge < -0.3 is 33.2 Å². The van der Waals surface area contributed by atoms with Crippen molar-refractivity contribution in [2.24, 2.45) is 0 Å². The molecule has 9 rings (SSSR count). The summed E-state index contributed by atoms with van der Waals surface area (Å²) in [6, 6.07) is 65.7. The predicted molar refractivity (Wildman–Crippen MR) is 258 cm³/mol. The Balaban J connectivity index is 1.13. The second-order valence-electron chi connectivity index (χ2n) is 17.0.